The first-order valence-corrected chi connectivity index (χ1v) is 11.2. The Hall–Kier alpha value is -2.92. The van der Waals surface area contributed by atoms with Gasteiger partial charge in [0, 0.05) is 17.7 Å². The zero-order valence-corrected chi connectivity index (χ0v) is 18.7. The largest absolute Gasteiger partial charge is 0.372 e. The van der Waals surface area contributed by atoms with Crippen LogP contribution in [0.15, 0.2) is 82.5 Å². The van der Waals surface area contributed by atoms with E-state index in [9.17, 15) is 9.18 Å². The van der Waals surface area contributed by atoms with Gasteiger partial charge in [-0.3, -0.25) is 4.79 Å². The van der Waals surface area contributed by atoms with Crippen LogP contribution < -0.4 is 10.6 Å². The third-order valence-corrected chi connectivity index (χ3v) is 6.74. The molecule has 0 aromatic heterocycles. The average molecular weight is 477 g/mol. The fraction of sp³-hybridized carbons (Fsp3) is 0.192. The van der Waals surface area contributed by atoms with Crippen LogP contribution in [-0.2, 0) is 4.79 Å². The quantitative estimate of drug-likeness (QED) is 0.423. The van der Waals surface area contributed by atoms with Gasteiger partial charge < -0.3 is 10.6 Å². The molecule has 156 valence electrons. The first-order valence-electron chi connectivity index (χ1n) is 10.4. The topological polar surface area (TPSA) is 41.1 Å². The van der Waals surface area contributed by atoms with Crippen molar-refractivity contribution in [3.05, 3.63) is 105 Å². The maximum atomic E-state index is 13.9. The second-order valence-electron chi connectivity index (χ2n) is 8.25. The van der Waals surface area contributed by atoms with E-state index in [1.807, 2.05) is 24.3 Å². The molecule has 0 amide bonds. The molecule has 3 aromatic carbocycles. The molecule has 2 N–H and O–H groups in total. The van der Waals surface area contributed by atoms with Gasteiger partial charge in [0.2, 0.25) is 0 Å². The number of aryl methyl sites for hydroxylation is 1. The number of ketones is 1. The lowest BCUT2D eigenvalue weighted by atomic mass is 9.78. The zero-order valence-electron chi connectivity index (χ0n) is 17.1. The van der Waals surface area contributed by atoms with E-state index in [1.165, 1.54) is 17.2 Å². The maximum absolute atomic E-state index is 13.9. The van der Waals surface area contributed by atoms with E-state index in [0.29, 0.717) is 10.9 Å². The highest BCUT2D eigenvalue weighted by Crippen LogP contribution is 2.44. The van der Waals surface area contributed by atoms with Crippen molar-refractivity contribution in [3.8, 4) is 0 Å². The van der Waals surface area contributed by atoms with Crippen molar-refractivity contribution >= 4 is 33.1 Å². The number of nitrogens with one attached hydrogen (secondary N) is 2. The monoisotopic (exact) mass is 476 g/mol. The number of carbonyl (C=O) groups excluding carboxylic acids is 1. The number of benzene rings is 3. The minimum atomic E-state index is -0.352. The highest BCUT2D eigenvalue weighted by atomic mass is 79.9. The predicted octanol–water partition coefficient (Wildman–Crippen LogP) is 6.88. The zero-order chi connectivity index (χ0) is 21.5. The first-order chi connectivity index (χ1) is 15.0. The number of Topliss-reactive ketones (excluding diaryl/α,β-unsaturated/α-hetero) is 1. The summed E-state index contributed by atoms with van der Waals surface area (Å²) >= 11 is 3.29. The molecule has 31 heavy (non-hydrogen) atoms. The molecular weight excluding hydrogens is 455 g/mol. The van der Waals surface area contributed by atoms with Crippen LogP contribution >= 0.6 is 15.9 Å². The fourth-order valence-electron chi connectivity index (χ4n) is 4.51. The molecule has 3 nitrogen and oxygen atoms in total. The highest BCUT2D eigenvalue weighted by Gasteiger charge is 2.36. The standard InChI is InChI=1S/C26H22BrFN2O/c1-15-6-8-16(9-7-15)18-13-23-25(24(31)14-18)26(17-10-11-20(28)19(27)12-17)30-22-5-3-2-4-21(22)29-23/h2-12,18,26,29-30H,13-14H2,1H3. The molecule has 5 heteroatoms. The van der Waals surface area contributed by atoms with Crippen LogP contribution in [0.25, 0.3) is 0 Å². The van der Waals surface area contributed by atoms with Gasteiger partial charge in [0.15, 0.2) is 5.78 Å². The Morgan fingerprint density at radius 2 is 1.65 bits per heavy atom. The smallest absolute Gasteiger partial charge is 0.163 e. The molecule has 0 saturated heterocycles. The van der Waals surface area contributed by atoms with Gasteiger partial charge in [-0.25, -0.2) is 4.39 Å². The minimum Gasteiger partial charge on any atom is -0.372 e. The van der Waals surface area contributed by atoms with Gasteiger partial charge in [-0.15, -0.1) is 0 Å². The van der Waals surface area contributed by atoms with Gasteiger partial charge >= 0.3 is 0 Å². The summed E-state index contributed by atoms with van der Waals surface area (Å²) in [6.07, 6.45) is 1.21. The van der Waals surface area contributed by atoms with Crippen LogP contribution in [0.5, 0.6) is 0 Å². The Bertz CT molecular complexity index is 1200. The van der Waals surface area contributed by atoms with E-state index < -0.39 is 0 Å². The summed E-state index contributed by atoms with van der Waals surface area (Å²) in [5.74, 6) is -0.0743. The summed E-state index contributed by atoms with van der Waals surface area (Å²) in [5.41, 5.74) is 6.76. The number of allylic oxidation sites excluding steroid dienone is 1. The molecule has 0 radical (unpaired) electrons. The van der Waals surface area contributed by atoms with Crippen LogP contribution in [0.1, 0.15) is 41.5 Å². The van der Waals surface area contributed by atoms with Gasteiger partial charge in [-0.2, -0.15) is 0 Å². The molecule has 1 heterocycles. The number of para-hydroxylation sites is 2. The lowest BCUT2D eigenvalue weighted by Gasteiger charge is -2.30. The number of rotatable bonds is 2. The van der Waals surface area contributed by atoms with Gasteiger partial charge in [-0.1, -0.05) is 48.0 Å². The van der Waals surface area contributed by atoms with Crippen LogP contribution in [0, 0.1) is 12.7 Å². The predicted molar refractivity (Wildman–Crippen MR) is 126 cm³/mol. The Morgan fingerprint density at radius 1 is 0.935 bits per heavy atom. The van der Waals surface area contributed by atoms with Crippen molar-refractivity contribution in [2.24, 2.45) is 0 Å². The maximum Gasteiger partial charge on any atom is 0.163 e. The van der Waals surface area contributed by atoms with E-state index in [-0.39, 0.29) is 23.6 Å². The molecule has 2 aliphatic rings. The number of hydrogen-bond donors (Lipinski definition) is 2. The molecule has 2 unspecified atom stereocenters. The van der Waals surface area contributed by atoms with E-state index in [2.05, 4.69) is 57.8 Å². The molecule has 1 aliphatic heterocycles. The van der Waals surface area contributed by atoms with Crippen molar-refractivity contribution in [2.45, 2.75) is 31.7 Å². The molecule has 1 aliphatic carbocycles. The Kier molecular flexibility index (Phi) is 5.14. The molecule has 2 atom stereocenters. The molecule has 0 spiro atoms. The molecule has 0 fully saturated rings. The number of hydrogen-bond acceptors (Lipinski definition) is 3. The van der Waals surface area contributed by atoms with E-state index >= 15 is 0 Å². The highest BCUT2D eigenvalue weighted by molar-refractivity contribution is 9.10. The van der Waals surface area contributed by atoms with E-state index in [1.54, 1.807) is 12.1 Å². The lowest BCUT2D eigenvalue weighted by molar-refractivity contribution is -0.116. The molecule has 5 rings (SSSR count). The summed E-state index contributed by atoms with van der Waals surface area (Å²) in [4.78, 5) is 13.5. The van der Waals surface area contributed by atoms with Crippen molar-refractivity contribution in [2.75, 3.05) is 10.6 Å². The number of halogens is 2. The molecular formula is C26H22BrFN2O. The number of fused-ring (bicyclic) bond motifs is 1. The van der Waals surface area contributed by atoms with Crippen molar-refractivity contribution in [1.29, 1.82) is 0 Å². The Morgan fingerprint density at radius 3 is 2.39 bits per heavy atom. The van der Waals surface area contributed by atoms with Crippen molar-refractivity contribution in [1.82, 2.24) is 0 Å². The average Bonchev–Trinajstić information content (AvgIpc) is 2.93. The summed E-state index contributed by atoms with van der Waals surface area (Å²) in [7, 11) is 0. The fourth-order valence-corrected chi connectivity index (χ4v) is 4.91. The Labute approximate surface area is 189 Å². The Balaban J connectivity index is 1.61. The van der Waals surface area contributed by atoms with Gasteiger partial charge in [0.1, 0.15) is 5.82 Å². The van der Waals surface area contributed by atoms with Gasteiger partial charge in [-0.05, 0) is 70.6 Å². The SMILES string of the molecule is Cc1ccc(C2CC(=O)C3=C(C2)Nc2ccccc2NC3c2ccc(F)c(Br)c2)cc1. The van der Waals surface area contributed by atoms with Crippen LogP contribution in [0.2, 0.25) is 0 Å². The minimum absolute atomic E-state index is 0.116. The second kappa shape index (κ2) is 7.97. The van der Waals surface area contributed by atoms with Crippen LogP contribution in [0.4, 0.5) is 15.8 Å². The summed E-state index contributed by atoms with van der Waals surface area (Å²) in [6.45, 7) is 2.07. The van der Waals surface area contributed by atoms with E-state index in [0.717, 1.165) is 34.6 Å². The number of carbonyl (C=O) groups is 1. The third-order valence-electron chi connectivity index (χ3n) is 6.13. The van der Waals surface area contributed by atoms with Crippen LogP contribution in [0.3, 0.4) is 0 Å². The second-order valence-corrected chi connectivity index (χ2v) is 9.11. The summed E-state index contributed by atoms with van der Waals surface area (Å²) < 4.78 is 14.3. The first kappa shape index (κ1) is 20.0. The van der Waals surface area contributed by atoms with Crippen molar-refractivity contribution in [3.63, 3.8) is 0 Å². The van der Waals surface area contributed by atoms with E-state index in [4.69, 9.17) is 0 Å². The molecule has 0 bridgehead atoms. The normalized spacial score (nSPS) is 20.3. The third kappa shape index (κ3) is 3.79. The molecule has 3 aromatic rings. The van der Waals surface area contributed by atoms with Gasteiger partial charge in [0.05, 0.1) is 21.9 Å². The van der Waals surface area contributed by atoms with Gasteiger partial charge in [0.25, 0.3) is 0 Å². The van der Waals surface area contributed by atoms with Crippen LogP contribution in [-0.4, -0.2) is 5.78 Å². The summed E-state index contributed by atoms with van der Waals surface area (Å²) in [5, 5.41) is 7.07. The lowest BCUT2D eigenvalue weighted by Crippen LogP contribution is -2.26. The molecule has 0 saturated carbocycles. The summed E-state index contributed by atoms with van der Waals surface area (Å²) in [6, 6.07) is 21.0. The number of anilines is 2. The van der Waals surface area contributed by atoms with Crippen molar-refractivity contribution < 1.29 is 9.18 Å².